The number of ether oxygens (including phenoxy) is 2. The fourth-order valence-electron chi connectivity index (χ4n) is 5.88. The molecule has 0 unspecified atom stereocenters. The monoisotopic (exact) mass is 556 g/mol. The lowest BCUT2D eigenvalue weighted by atomic mass is 9.77. The predicted octanol–water partition coefficient (Wildman–Crippen LogP) is 9.49. The molecule has 5 nitrogen and oxygen atoms in total. The van der Waals surface area contributed by atoms with E-state index >= 15 is 0 Å². The fourth-order valence-corrected chi connectivity index (χ4v) is 5.88. The molecule has 0 aliphatic heterocycles. The summed E-state index contributed by atoms with van der Waals surface area (Å²) in [7, 11) is 0. The Balaban J connectivity index is 1.17. The zero-order valence-electron chi connectivity index (χ0n) is 25.2. The lowest BCUT2D eigenvalue weighted by molar-refractivity contribution is -0.136. The second kappa shape index (κ2) is 16.9. The summed E-state index contributed by atoms with van der Waals surface area (Å²) >= 11 is 0. The number of unbranched alkanes of at least 4 members (excludes halogenated alkanes) is 6. The van der Waals surface area contributed by atoms with Crippen molar-refractivity contribution in [3.05, 3.63) is 72.1 Å². The van der Waals surface area contributed by atoms with Gasteiger partial charge >= 0.3 is 5.97 Å². The van der Waals surface area contributed by atoms with Gasteiger partial charge < -0.3 is 9.47 Å². The van der Waals surface area contributed by atoms with Crippen molar-refractivity contribution in [1.29, 1.82) is 0 Å². The van der Waals surface area contributed by atoms with Gasteiger partial charge in [-0.25, -0.2) is 14.8 Å². The van der Waals surface area contributed by atoms with Crippen LogP contribution in [0.2, 0.25) is 0 Å². The molecule has 2 aromatic carbocycles. The summed E-state index contributed by atoms with van der Waals surface area (Å²) in [5.41, 5.74) is 3.66. The molecule has 0 atom stereocenters. The summed E-state index contributed by atoms with van der Waals surface area (Å²) in [5.74, 6) is 2.67. The molecule has 1 heterocycles. The van der Waals surface area contributed by atoms with Crippen LogP contribution in [0.1, 0.15) is 114 Å². The van der Waals surface area contributed by atoms with Crippen LogP contribution < -0.4 is 9.47 Å². The number of hydrogen-bond donors (Lipinski definition) is 0. The van der Waals surface area contributed by atoms with Crippen LogP contribution in [0, 0.1) is 5.92 Å². The van der Waals surface area contributed by atoms with Gasteiger partial charge in [0.15, 0.2) is 18.2 Å². The second-order valence-electron chi connectivity index (χ2n) is 11.6. The van der Waals surface area contributed by atoms with Crippen molar-refractivity contribution in [2.75, 3.05) is 6.61 Å². The summed E-state index contributed by atoms with van der Waals surface area (Å²) < 4.78 is 11.1. The van der Waals surface area contributed by atoms with Gasteiger partial charge in [-0.05, 0) is 73.6 Å². The van der Waals surface area contributed by atoms with Gasteiger partial charge in [-0.1, -0.05) is 102 Å². The molecular formula is C36H48N2O3. The summed E-state index contributed by atoms with van der Waals surface area (Å²) in [5, 5.41) is 0. The van der Waals surface area contributed by atoms with Crippen molar-refractivity contribution in [2.45, 2.75) is 110 Å². The first-order valence-electron chi connectivity index (χ1n) is 16.0. The van der Waals surface area contributed by atoms with Crippen LogP contribution in [0.3, 0.4) is 0 Å². The van der Waals surface area contributed by atoms with Gasteiger partial charge in [0.05, 0.1) is 12.4 Å². The molecule has 1 saturated carbocycles. The maximum atomic E-state index is 12.4. The van der Waals surface area contributed by atoms with Crippen molar-refractivity contribution in [1.82, 2.24) is 9.97 Å². The first-order valence-corrected chi connectivity index (χ1v) is 16.0. The van der Waals surface area contributed by atoms with Crippen LogP contribution in [0.15, 0.2) is 60.9 Å². The third-order valence-electron chi connectivity index (χ3n) is 8.41. The average Bonchev–Trinajstić information content (AvgIpc) is 3.01. The normalized spacial score (nSPS) is 16.8. The second-order valence-corrected chi connectivity index (χ2v) is 11.6. The highest BCUT2D eigenvalue weighted by atomic mass is 16.6. The molecule has 5 heteroatoms. The number of nitrogens with zero attached hydrogens (tertiary/aromatic N) is 2. The van der Waals surface area contributed by atoms with Crippen LogP contribution in [-0.4, -0.2) is 22.5 Å². The molecule has 1 aliphatic rings. The average molecular weight is 557 g/mol. The van der Waals surface area contributed by atoms with Crippen LogP contribution >= 0.6 is 0 Å². The molecule has 3 aromatic rings. The summed E-state index contributed by atoms with van der Waals surface area (Å²) in [6, 6.07) is 16.6. The maximum absolute atomic E-state index is 12.4. The quantitative estimate of drug-likeness (QED) is 0.130. The van der Waals surface area contributed by atoms with E-state index in [9.17, 15) is 4.79 Å². The molecule has 0 bridgehead atoms. The number of esters is 1. The number of aromatic nitrogens is 2. The number of rotatable bonds is 16. The molecule has 0 radical (unpaired) electrons. The van der Waals surface area contributed by atoms with Gasteiger partial charge in [-0.15, -0.1) is 0 Å². The first-order chi connectivity index (χ1) is 20.1. The van der Waals surface area contributed by atoms with Crippen molar-refractivity contribution >= 4 is 5.97 Å². The highest BCUT2D eigenvalue weighted by Crippen LogP contribution is 2.38. The third-order valence-corrected chi connectivity index (χ3v) is 8.41. The number of carbonyl (C=O) groups excluding carboxylic acids is 1. The molecule has 1 fully saturated rings. The van der Waals surface area contributed by atoms with Crippen LogP contribution in [0.25, 0.3) is 11.4 Å². The van der Waals surface area contributed by atoms with Crippen LogP contribution in [0.4, 0.5) is 0 Å². The Labute approximate surface area is 247 Å². The Hall–Kier alpha value is -3.21. The number of benzene rings is 2. The molecular weight excluding hydrogens is 508 g/mol. The summed E-state index contributed by atoms with van der Waals surface area (Å²) in [6.45, 7) is 4.35. The van der Waals surface area contributed by atoms with E-state index in [4.69, 9.17) is 9.47 Å². The SMILES string of the molecule is CCCCCCCc1ccc(-c2ncc(OC(=O)COc3ccc(C4CCC(CCCCC)CC4)cc3)cn2)cc1. The van der Waals surface area contributed by atoms with Gasteiger partial charge in [0, 0.05) is 5.56 Å². The Morgan fingerprint density at radius 2 is 1.41 bits per heavy atom. The highest BCUT2D eigenvalue weighted by molar-refractivity contribution is 5.73. The molecule has 0 amide bonds. The van der Waals surface area contributed by atoms with Gasteiger partial charge in [-0.3, -0.25) is 0 Å². The number of carbonyl (C=O) groups is 1. The molecule has 4 rings (SSSR count). The van der Waals surface area contributed by atoms with E-state index in [1.807, 2.05) is 12.1 Å². The summed E-state index contributed by atoms with van der Waals surface area (Å²) in [4.78, 5) is 21.1. The third kappa shape index (κ3) is 10.3. The lowest BCUT2D eigenvalue weighted by Gasteiger charge is -2.29. The van der Waals surface area contributed by atoms with E-state index in [1.165, 1.54) is 107 Å². The topological polar surface area (TPSA) is 61.3 Å². The predicted molar refractivity (Wildman–Crippen MR) is 166 cm³/mol. The molecule has 41 heavy (non-hydrogen) atoms. The Morgan fingerprint density at radius 1 is 0.756 bits per heavy atom. The molecule has 0 N–H and O–H groups in total. The zero-order chi connectivity index (χ0) is 28.7. The van der Waals surface area contributed by atoms with Gasteiger partial charge in [0.25, 0.3) is 0 Å². The van der Waals surface area contributed by atoms with Gasteiger partial charge in [0.1, 0.15) is 5.75 Å². The van der Waals surface area contributed by atoms with E-state index in [-0.39, 0.29) is 6.61 Å². The standard InChI is InChI=1S/C36H48N2O3/c1-3-5-7-8-10-12-29-15-19-32(20-16-29)36-37-25-34(26-38-36)41-35(39)27-40-33-23-21-31(22-24-33)30-17-13-28(14-18-30)11-9-6-4-2/h15-16,19-26,28,30H,3-14,17-18,27H2,1-2H3. The van der Waals surface area contributed by atoms with Crippen LogP contribution in [0.5, 0.6) is 11.5 Å². The maximum Gasteiger partial charge on any atom is 0.349 e. The molecule has 0 spiro atoms. The van der Waals surface area contributed by atoms with E-state index in [2.05, 4.69) is 60.2 Å². The largest absolute Gasteiger partial charge is 0.482 e. The molecule has 0 saturated heterocycles. The van der Waals surface area contributed by atoms with E-state index in [0.717, 1.165) is 17.9 Å². The van der Waals surface area contributed by atoms with Crippen molar-refractivity contribution in [3.63, 3.8) is 0 Å². The number of aryl methyl sites for hydroxylation is 1. The minimum Gasteiger partial charge on any atom is -0.482 e. The van der Waals surface area contributed by atoms with Crippen molar-refractivity contribution in [3.8, 4) is 22.9 Å². The van der Waals surface area contributed by atoms with E-state index < -0.39 is 5.97 Å². The highest BCUT2D eigenvalue weighted by Gasteiger charge is 2.22. The minimum absolute atomic E-state index is 0.163. The zero-order valence-corrected chi connectivity index (χ0v) is 25.2. The first kappa shape index (κ1) is 30.7. The minimum atomic E-state index is -0.477. The Kier molecular flexibility index (Phi) is 12.7. The number of hydrogen-bond acceptors (Lipinski definition) is 5. The summed E-state index contributed by atoms with van der Waals surface area (Å²) in [6.07, 6.45) is 21.3. The fraction of sp³-hybridized carbons (Fsp3) is 0.528. The van der Waals surface area contributed by atoms with Crippen LogP contribution in [-0.2, 0) is 11.2 Å². The van der Waals surface area contributed by atoms with E-state index in [1.54, 1.807) is 0 Å². The van der Waals surface area contributed by atoms with E-state index in [0.29, 0.717) is 23.2 Å². The molecule has 220 valence electrons. The Morgan fingerprint density at radius 3 is 2.10 bits per heavy atom. The lowest BCUT2D eigenvalue weighted by Crippen LogP contribution is -2.18. The smallest absolute Gasteiger partial charge is 0.349 e. The van der Waals surface area contributed by atoms with Gasteiger partial charge in [-0.2, -0.15) is 0 Å². The molecule has 1 aliphatic carbocycles. The molecule has 1 aromatic heterocycles. The Bertz CT molecular complexity index is 1150. The van der Waals surface area contributed by atoms with Crippen molar-refractivity contribution < 1.29 is 14.3 Å². The van der Waals surface area contributed by atoms with Crippen molar-refractivity contribution in [2.24, 2.45) is 5.92 Å². The van der Waals surface area contributed by atoms with Gasteiger partial charge in [0.2, 0.25) is 0 Å².